The van der Waals surface area contributed by atoms with Gasteiger partial charge in [-0.2, -0.15) is 5.26 Å². The van der Waals surface area contributed by atoms with Crippen LogP contribution >= 0.6 is 12.2 Å². The standard InChI is InChI=1S/C24H19N3O4S/c1-2-29-22-6-4-3-5-21(22)27-23(28)20(26-24(27)32)13-18-11-12-19(31-18)15-30-17-9-7-16(14-25)8-10-17/h3-13H,2,15H2,1H3,(H,26,32)/b20-13+. The van der Waals surface area contributed by atoms with E-state index in [4.69, 9.17) is 31.4 Å². The molecule has 160 valence electrons. The van der Waals surface area contributed by atoms with Gasteiger partial charge in [-0.05, 0) is 67.7 Å². The third-order valence-electron chi connectivity index (χ3n) is 4.62. The number of carbonyl (C=O) groups excluding carboxylic acids is 1. The summed E-state index contributed by atoms with van der Waals surface area (Å²) in [5, 5.41) is 12.1. The topological polar surface area (TPSA) is 87.7 Å². The van der Waals surface area contributed by atoms with Crippen molar-refractivity contribution in [3.8, 4) is 17.6 Å². The van der Waals surface area contributed by atoms with Crippen molar-refractivity contribution >= 4 is 35.0 Å². The van der Waals surface area contributed by atoms with Crippen molar-refractivity contribution in [3.05, 3.63) is 83.4 Å². The zero-order chi connectivity index (χ0) is 22.5. The van der Waals surface area contributed by atoms with Gasteiger partial charge in [0.15, 0.2) is 5.11 Å². The molecule has 0 bridgehead atoms. The lowest BCUT2D eigenvalue weighted by Gasteiger charge is -2.17. The highest BCUT2D eigenvalue weighted by Gasteiger charge is 2.34. The van der Waals surface area contributed by atoms with Crippen LogP contribution in [0.15, 0.2) is 70.8 Å². The number of hydrogen-bond acceptors (Lipinski definition) is 6. The summed E-state index contributed by atoms with van der Waals surface area (Å²) in [5.74, 6) is 1.99. The van der Waals surface area contributed by atoms with Crippen LogP contribution in [0, 0.1) is 11.3 Å². The molecule has 0 aliphatic carbocycles. The Morgan fingerprint density at radius 2 is 1.91 bits per heavy atom. The predicted molar refractivity (Wildman–Crippen MR) is 123 cm³/mol. The van der Waals surface area contributed by atoms with Crippen molar-refractivity contribution < 1.29 is 18.7 Å². The Balaban J connectivity index is 1.47. The highest BCUT2D eigenvalue weighted by molar-refractivity contribution is 7.80. The molecule has 2 heterocycles. The number of anilines is 1. The fourth-order valence-electron chi connectivity index (χ4n) is 3.15. The van der Waals surface area contributed by atoms with Crippen LogP contribution in [0.5, 0.6) is 11.5 Å². The van der Waals surface area contributed by atoms with Crippen molar-refractivity contribution in [1.29, 1.82) is 5.26 Å². The molecule has 1 aromatic heterocycles. The van der Waals surface area contributed by atoms with Gasteiger partial charge in [0.1, 0.15) is 35.3 Å². The molecule has 1 saturated heterocycles. The van der Waals surface area contributed by atoms with Crippen molar-refractivity contribution in [3.63, 3.8) is 0 Å². The highest BCUT2D eigenvalue weighted by Crippen LogP contribution is 2.31. The SMILES string of the molecule is CCOc1ccccc1N1C(=O)/C(=C\c2ccc(COc3ccc(C#N)cc3)o2)NC1=S. The van der Waals surface area contributed by atoms with E-state index in [1.165, 1.54) is 4.90 Å². The number of nitrogens with one attached hydrogen (secondary N) is 1. The van der Waals surface area contributed by atoms with Gasteiger partial charge in [0.2, 0.25) is 0 Å². The zero-order valence-corrected chi connectivity index (χ0v) is 18.0. The van der Waals surface area contributed by atoms with Crippen LogP contribution in [0.4, 0.5) is 5.69 Å². The quantitative estimate of drug-likeness (QED) is 0.426. The second-order valence-corrected chi connectivity index (χ2v) is 7.15. The Hall–Kier alpha value is -4.09. The highest BCUT2D eigenvalue weighted by atomic mass is 32.1. The van der Waals surface area contributed by atoms with E-state index in [-0.39, 0.29) is 17.6 Å². The van der Waals surface area contributed by atoms with Gasteiger partial charge in [0, 0.05) is 6.08 Å². The van der Waals surface area contributed by atoms with E-state index in [1.807, 2.05) is 19.1 Å². The van der Waals surface area contributed by atoms with Crippen LogP contribution in [-0.2, 0) is 11.4 Å². The summed E-state index contributed by atoms with van der Waals surface area (Å²) in [6.07, 6.45) is 1.60. The summed E-state index contributed by atoms with van der Waals surface area (Å²) in [4.78, 5) is 14.4. The van der Waals surface area contributed by atoms with E-state index in [9.17, 15) is 4.79 Å². The maximum Gasteiger partial charge on any atom is 0.281 e. The first-order valence-corrected chi connectivity index (χ1v) is 10.3. The molecule has 0 saturated carbocycles. The van der Waals surface area contributed by atoms with Gasteiger partial charge in [0.05, 0.1) is 23.9 Å². The molecule has 0 spiro atoms. The molecule has 0 unspecified atom stereocenters. The fourth-order valence-corrected chi connectivity index (χ4v) is 3.44. The molecular weight excluding hydrogens is 426 g/mol. The van der Waals surface area contributed by atoms with E-state index < -0.39 is 0 Å². The molecule has 4 rings (SSSR count). The number of carbonyl (C=O) groups is 1. The summed E-state index contributed by atoms with van der Waals surface area (Å²) >= 11 is 5.38. The first-order valence-electron chi connectivity index (χ1n) is 9.89. The van der Waals surface area contributed by atoms with Gasteiger partial charge in [-0.15, -0.1) is 0 Å². The van der Waals surface area contributed by atoms with Gasteiger partial charge >= 0.3 is 0 Å². The van der Waals surface area contributed by atoms with Crippen LogP contribution in [0.25, 0.3) is 6.08 Å². The summed E-state index contributed by atoms with van der Waals surface area (Å²) in [6, 6.07) is 19.6. The van der Waals surface area contributed by atoms with Crippen LogP contribution in [-0.4, -0.2) is 17.6 Å². The lowest BCUT2D eigenvalue weighted by atomic mass is 10.2. The van der Waals surface area contributed by atoms with Crippen LogP contribution in [0.2, 0.25) is 0 Å². The molecule has 2 aromatic carbocycles. The Morgan fingerprint density at radius 1 is 1.12 bits per heavy atom. The molecule has 32 heavy (non-hydrogen) atoms. The Bertz CT molecular complexity index is 1220. The summed E-state index contributed by atoms with van der Waals surface area (Å²) in [7, 11) is 0. The smallest absolute Gasteiger partial charge is 0.281 e. The Kier molecular flexibility index (Phi) is 6.19. The molecular formula is C24H19N3O4S. The average Bonchev–Trinajstić information content (AvgIpc) is 3.37. The molecule has 7 nitrogen and oxygen atoms in total. The number of furan rings is 1. The summed E-state index contributed by atoms with van der Waals surface area (Å²) in [5.41, 5.74) is 1.44. The predicted octanol–water partition coefficient (Wildman–Crippen LogP) is 4.39. The average molecular weight is 446 g/mol. The normalized spacial score (nSPS) is 14.4. The zero-order valence-electron chi connectivity index (χ0n) is 17.2. The van der Waals surface area contributed by atoms with E-state index in [0.717, 1.165) is 0 Å². The Morgan fingerprint density at radius 3 is 2.66 bits per heavy atom. The van der Waals surface area contributed by atoms with E-state index in [2.05, 4.69) is 11.4 Å². The van der Waals surface area contributed by atoms with Crippen LogP contribution in [0.1, 0.15) is 24.0 Å². The second kappa shape index (κ2) is 9.37. The van der Waals surface area contributed by atoms with Crippen molar-refractivity contribution in [2.24, 2.45) is 0 Å². The minimum atomic E-state index is -0.297. The van der Waals surface area contributed by atoms with Gasteiger partial charge in [-0.3, -0.25) is 4.79 Å². The molecule has 8 heteroatoms. The molecule has 1 N–H and O–H groups in total. The van der Waals surface area contributed by atoms with Crippen LogP contribution in [0.3, 0.4) is 0 Å². The summed E-state index contributed by atoms with van der Waals surface area (Å²) in [6.45, 7) is 2.56. The number of rotatable bonds is 7. The molecule has 1 aliphatic rings. The number of benzene rings is 2. The molecule has 1 amide bonds. The number of thiocarbonyl (C=S) groups is 1. The van der Waals surface area contributed by atoms with Crippen molar-refractivity contribution in [1.82, 2.24) is 5.32 Å². The second-order valence-electron chi connectivity index (χ2n) is 6.76. The van der Waals surface area contributed by atoms with Gasteiger partial charge < -0.3 is 19.2 Å². The third-order valence-corrected chi connectivity index (χ3v) is 4.90. The molecule has 1 fully saturated rings. The number of amides is 1. The minimum absolute atomic E-state index is 0.211. The number of nitrogens with zero attached hydrogens (tertiary/aromatic N) is 2. The largest absolute Gasteiger partial charge is 0.492 e. The van der Waals surface area contributed by atoms with Gasteiger partial charge in [-0.25, -0.2) is 4.90 Å². The number of nitriles is 1. The van der Waals surface area contributed by atoms with Crippen LogP contribution < -0.4 is 19.7 Å². The number of hydrogen-bond donors (Lipinski definition) is 1. The molecule has 0 atom stereocenters. The first-order chi connectivity index (χ1) is 15.6. The third kappa shape index (κ3) is 4.48. The number of para-hydroxylation sites is 2. The molecule has 0 radical (unpaired) electrons. The lowest BCUT2D eigenvalue weighted by Crippen LogP contribution is -2.30. The summed E-state index contributed by atoms with van der Waals surface area (Å²) < 4.78 is 17.1. The van der Waals surface area contributed by atoms with E-state index >= 15 is 0 Å². The van der Waals surface area contributed by atoms with Gasteiger partial charge in [0.25, 0.3) is 5.91 Å². The number of ether oxygens (including phenoxy) is 2. The molecule has 3 aromatic rings. The Labute approximate surface area is 190 Å². The van der Waals surface area contributed by atoms with Crippen molar-refractivity contribution in [2.75, 3.05) is 11.5 Å². The monoisotopic (exact) mass is 445 g/mol. The molecule has 1 aliphatic heterocycles. The lowest BCUT2D eigenvalue weighted by molar-refractivity contribution is -0.113. The fraction of sp³-hybridized carbons (Fsp3) is 0.125. The van der Waals surface area contributed by atoms with Crippen molar-refractivity contribution in [2.45, 2.75) is 13.5 Å². The van der Waals surface area contributed by atoms with E-state index in [1.54, 1.807) is 54.6 Å². The van der Waals surface area contributed by atoms with Gasteiger partial charge in [-0.1, -0.05) is 12.1 Å². The first kappa shape index (κ1) is 21.2. The van der Waals surface area contributed by atoms with E-state index in [0.29, 0.717) is 46.6 Å². The maximum atomic E-state index is 13.0. The maximum absolute atomic E-state index is 13.0. The minimum Gasteiger partial charge on any atom is -0.492 e.